The number of esters is 2. The predicted molar refractivity (Wildman–Crippen MR) is 102 cm³/mol. The first kappa shape index (κ1) is 19.7. The molecule has 0 spiro atoms. The molecule has 4 nitrogen and oxygen atoms in total. The number of ether oxygens (including phenoxy) is 2. The number of benzene rings is 2. The third kappa shape index (κ3) is 5.73. The normalized spacial score (nSPS) is 10.4. The summed E-state index contributed by atoms with van der Waals surface area (Å²) in [7, 11) is 2.83. The second kappa shape index (κ2) is 10.4. The second-order valence-electron chi connectivity index (χ2n) is 6.17. The average Bonchev–Trinajstić information content (AvgIpc) is 2.69. The van der Waals surface area contributed by atoms with Gasteiger partial charge >= 0.3 is 11.9 Å². The van der Waals surface area contributed by atoms with Gasteiger partial charge in [0.25, 0.3) is 0 Å². The smallest absolute Gasteiger partial charge is 0.305 e. The maximum Gasteiger partial charge on any atom is 0.305 e. The molecule has 0 bridgehead atoms. The van der Waals surface area contributed by atoms with Crippen molar-refractivity contribution in [2.24, 2.45) is 0 Å². The Morgan fingerprint density at radius 1 is 0.769 bits per heavy atom. The van der Waals surface area contributed by atoms with Crippen LogP contribution in [0.5, 0.6) is 0 Å². The molecule has 0 aliphatic rings. The molecule has 0 N–H and O–H groups in total. The number of hydrogen-bond donors (Lipinski definition) is 0. The minimum absolute atomic E-state index is 0.184. The number of methoxy groups -OCH3 is 2. The van der Waals surface area contributed by atoms with Gasteiger partial charge in [-0.2, -0.15) is 0 Å². The lowest BCUT2D eigenvalue weighted by molar-refractivity contribution is -0.141. The van der Waals surface area contributed by atoms with Gasteiger partial charge in [-0.3, -0.25) is 9.59 Å². The summed E-state index contributed by atoms with van der Waals surface area (Å²) in [5, 5.41) is 0. The molecule has 0 radical (unpaired) electrons. The van der Waals surface area contributed by atoms with Crippen molar-refractivity contribution in [2.45, 2.75) is 38.5 Å². The van der Waals surface area contributed by atoms with Crippen molar-refractivity contribution in [1.82, 2.24) is 0 Å². The molecule has 0 aliphatic carbocycles. The molecule has 2 rings (SSSR count). The van der Waals surface area contributed by atoms with E-state index in [-0.39, 0.29) is 11.9 Å². The van der Waals surface area contributed by atoms with Crippen LogP contribution in [0.4, 0.5) is 0 Å². The van der Waals surface area contributed by atoms with Crippen LogP contribution in [0.15, 0.2) is 48.5 Å². The van der Waals surface area contributed by atoms with E-state index in [1.165, 1.54) is 30.9 Å². The van der Waals surface area contributed by atoms with Crippen molar-refractivity contribution >= 4 is 11.9 Å². The highest BCUT2D eigenvalue weighted by atomic mass is 16.5. The Bertz CT molecular complexity index is 722. The summed E-state index contributed by atoms with van der Waals surface area (Å²) in [6.07, 6.45) is 3.90. The Kier molecular flexibility index (Phi) is 7.87. The highest BCUT2D eigenvalue weighted by Gasteiger charge is 2.12. The predicted octanol–water partition coefficient (Wildman–Crippen LogP) is 4.35. The first-order valence-corrected chi connectivity index (χ1v) is 8.95. The number of carbonyl (C=O) groups excluding carboxylic acids is 2. The van der Waals surface area contributed by atoms with Gasteiger partial charge in [0, 0.05) is 12.8 Å². The van der Waals surface area contributed by atoms with Gasteiger partial charge in [0.05, 0.1) is 14.2 Å². The molecule has 0 heterocycles. The molecule has 0 aliphatic heterocycles. The molecule has 2 aromatic carbocycles. The molecule has 0 aromatic heterocycles. The largest absolute Gasteiger partial charge is 0.469 e. The molecule has 0 amide bonds. The van der Waals surface area contributed by atoms with E-state index in [0.717, 1.165) is 31.2 Å². The van der Waals surface area contributed by atoms with Crippen molar-refractivity contribution in [1.29, 1.82) is 0 Å². The summed E-state index contributed by atoms with van der Waals surface area (Å²) in [4.78, 5) is 22.8. The molecule has 138 valence electrons. The van der Waals surface area contributed by atoms with Crippen LogP contribution in [0, 0.1) is 0 Å². The third-order valence-electron chi connectivity index (χ3n) is 4.45. The van der Waals surface area contributed by atoms with Crippen molar-refractivity contribution in [3.8, 4) is 11.1 Å². The standard InChI is InChI=1S/C22H26O4/c1-25-21(23)15-7-12-18-11-6-13-19(17-9-4-3-5-10-17)20(18)14-8-16-22(24)26-2/h3-6,9-11,13H,7-8,12,14-16H2,1-2H3. The SMILES string of the molecule is COC(=O)CCCc1cccc(-c2ccccc2)c1CCCC(=O)OC. The fourth-order valence-electron chi connectivity index (χ4n) is 3.09. The van der Waals surface area contributed by atoms with Crippen LogP contribution in [0.3, 0.4) is 0 Å². The molecule has 0 fully saturated rings. The van der Waals surface area contributed by atoms with E-state index < -0.39 is 0 Å². The summed E-state index contributed by atoms with van der Waals surface area (Å²) in [5.41, 5.74) is 4.81. The maximum atomic E-state index is 11.4. The molecule has 0 unspecified atom stereocenters. The lowest BCUT2D eigenvalue weighted by Crippen LogP contribution is -2.05. The Balaban J connectivity index is 2.22. The minimum Gasteiger partial charge on any atom is -0.469 e. The van der Waals surface area contributed by atoms with E-state index in [2.05, 4.69) is 30.3 Å². The minimum atomic E-state index is -0.186. The van der Waals surface area contributed by atoms with Crippen LogP contribution in [-0.2, 0) is 31.9 Å². The summed E-state index contributed by atoms with van der Waals surface area (Å²) >= 11 is 0. The average molecular weight is 354 g/mol. The second-order valence-corrected chi connectivity index (χ2v) is 6.17. The molecular formula is C22H26O4. The quantitative estimate of drug-likeness (QED) is 0.629. The zero-order valence-corrected chi connectivity index (χ0v) is 15.5. The van der Waals surface area contributed by atoms with Crippen LogP contribution in [0.25, 0.3) is 11.1 Å². The van der Waals surface area contributed by atoms with E-state index in [1.54, 1.807) is 0 Å². The van der Waals surface area contributed by atoms with Crippen LogP contribution < -0.4 is 0 Å². The van der Waals surface area contributed by atoms with Gasteiger partial charge in [-0.05, 0) is 47.9 Å². The third-order valence-corrected chi connectivity index (χ3v) is 4.45. The van der Waals surface area contributed by atoms with Crippen LogP contribution >= 0.6 is 0 Å². The fourth-order valence-corrected chi connectivity index (χ4v) is 3.09. The topological polar surface area (TPSA) is 52.6 Å². The van der Waals surface area contributed by atoms with E-state index in [0.29, 0.717) is 12.8 Å². The number of rotatable bonds is 9. The highest BCUT2D eigenvalue weighted by molar-refractivity contribution is 5.71. The Hall–Kier alpha value is -2.62. The maximum absolute atomic E-state index is 11.4. The molecule has 0 saturated carbocycles. The first-order chi connectivity index (χ1) is 12.7. The van der Waals surface area contributed by atoms with Crippen LogP contribution in [0.1, 0.15) is 36.8 Å². The van der Waals surface area contributed by atoms with Crippen molar-refractivity contribution in [3.63, 3.8) is 0 Å². The first-order valence-electron chi connectivity index (χ1n) is 8.95. The molecule has 0 saturated heterocycles. The molecule has 26 heavy (non-hydrogen) atoms. The zero-order valence-electron chi connectivity index (χ0n) is 15.5. The van der Waals surface area contributed by atoms with Crippen LogP contribution in [-0.4, -0.2) is 26.2 Å². The van der Waals surface area contributed by atoms with E-state index >= 15 is 0 Å². The Labute approximate surface area is 155 Å². The molecule has 0 atom stereocenters. The van der Waals surface area contributed by atoms with Crippen molar-refractivity contribution in [2.75, 3.05) is 14.2 Å². The van der Waals surface area contributed by atoms with E-state index in [9.17, 15) is 9.59 Å². The van der Waals surface area contributed by atoms with Crippen molar-refractivity contribution < 1.29 is 19.1 Å². The lowest BCUT2D eigenvalue weighted by atomic mass is 9.90. The highest BCUT2D eigenvalue weighted by Crippen LogP contribution is 2.29. The number of aryl methyl sites for hydroxylation is 1. The fraction of sp³-hybridized carbons (Fsp3) is 0.364. The van der Waals surface area contributed by atoms with Crippen molar-refractivity contribution in [3.05, 3.63) is 59.7 Å². The molecule has 4 heteroatoms. The Morgan fingerprint density at radius 2 is 1.38 bits per heavy atom. The summed E-state index contributed by atoms with van der Waals surface area (Å²) in [6, 6.07) is 16.5. The van der Waals surface area contributed by atoms with E-state index in [1.807, 2.05) is 18.2 Å². The summed E-state index contributed by atoms with van der Waals surface area (Å²) in [6.45, 7) is 0. The van der Waals surface area contributed by atoms with Gasteiger partial charge in [-0.25, -0.2) is 0 Å². The van der Waals surface area contributed by atoms with Gasteiger partial charge < -0.3 is 9.47 Å². The molecular weight excluding hydrogens is 328 g/mol. The lowest BCUT2D eigenvalue weighted by Gasteiger charge is -2.15. The van der Waals surface area contributed by atoms with E-state index in [4.69, 9.17) is 9.47 Å². The van der Waals surface area contributed by atoms with Gasteiger partial charge in [0.1, 0.15) is 0 Å². The number of hydrogen-bond acceptors (Lipinski definition) is 4. The summed E-state index contributed by atoms with van der Waals surface area (Å²) < 4.78 is 9.47. The Morgan fingerprint density at radius 3 is 2.00 bits per heavy atom. The van der Waals surface area contributed by atoms with Crippen LogP contribution in [0.2, 0.25) is 0 Å². The monoisotopic (exact) mass is 354 g/mol. The summed E-state index contributed by atoms with van der Waals surface area (Å²) in [5.74, 6) is -0.370. The van der Waals surface area contributed by atoms with Gasteiger partial charge in [0.15, 0.2) is 0 Å². The zero-order chi connectivity index (χ0) is 18.8. The number of carbonyl (C=O) groups is 2. The molecule has 2 aromatic rings. The van der Waals surface area contributed by atoms with Gasteiger partial charge in [-0.15, -0.1) is 0 Å². The van der Waals surface area contributed by atoms with Gasteiger partial charge in [-0.1, -0.05) is 48.5 Å². The van der Waals surface area contributed by atoms with Gasteiger partial charge in [0.2, 0.25) is 0 Å².